The van der Waals surface area contributed by atoms with Gasteiger partial charge in [0.25, 0.3) is 22.4 Å². The van der Waals surface area contributed by atoms with Crippen LogP contribution in [0.4, 0.5) is 230 Å². The molecule has 4 saturated carbocycles. The van der Waals surface area contributed by atoms with Crippen LogP contribution in [0.2, 0.25) is 0 Å². The molecule has 4 atom stereocenters. The van der Waals surface area contributed by atoms with Gasteiger partial charge < -0.3 is 58.3 Å². The lowest BCUT2D eigenvalue weighted by atomic mass is 9.66. The highest BCUT2D eigenvalue weighted by atomic mass is 19.5. The van der Waals surface area contributed by atoms with Gasteiger partial charge in [0.1, 0.15) is 22.4 Å². The van der Waals surface area contributed by atoms with E-state index < -0.39 is 341 Å². The molecule has 132 heavy (non-hydrogen) atoms. The van der Waals surface area contributed by atoms with Gasteiger partial charge in [-0.15, -0.1) is 0 Å². The molecule has 4 aliphatic rings. The Morgan fingerprint density at radius 3 is 0.432 bits per heavy atom. The third-order valence-corrected chi connectivity index (χ3v) is 20.8. The second kappa shape index (κ2) is 38.7. The van der Waals surface area contributed by atoms with Gasteiger partial charge in [0.15, 0.2) is 0 Å². The van der Waals surface area contributed by atoms with Gasteiger partial charge in [0.05, 0.1) is 0 Å². The molecule has 16 nitrogen and oxygen atoms in total. The average Bonchev–Trinajstić information content (AvgIpc) is 0.723. The van der Waals surface area contributed by atoms with Crippen LogP contribution in [0.15, 0.2) is 0 Å². The van der Waals surface area contributed by atoms with Crippen LogP contribution in [0.3, 0.4) is 0 Å². The maximum Gasteiger partial charge on any atom is 0.510 e. The molecule has 0 radical (unpaired) electrons. The van der Waals surface area contributed by atoms with Crippen LogP contribution < -0.4 is 0 Å². The molecule has 0 aromatic carbocycles. The number of aliphatic hydroxyl groups is 4. The summed E-state index contributed by atoms with van der Waals surface area (Å²) in [5.74, 6) is -23.7. The summed E-state index contributed by atoms with van der Waals surface area (Å²) in [7, 11) is 0. The first kappa shape index (κ1) is 124. The number of alkyl halides is 48. The van der Waals surface area contributed by atoms with Crippen molar-refractivity contribution in [2.45, 2.75) is 352 Å². The van der Waals surface area contributed by atoms with E-state index in [0.29, 0.717) is 0 Å². The molecule has 0 aliphatic heterocycles. The molecule has 0 aromatic rings. The van der Waals surface area contributed by atoms with Gasteiger partial charge in [-0.1, -0.05) is 12.8 Å². The number of hydrogen-bond acceptors (Lipinski definition) is 16. The Hall–Kier alpha value is -6.44. The van der Waals surface area contributed by atoms with E-state index in [-0.39, 0.29) is 0 Å². The van der Waals surface area contributed by atoms with E-state index in [0.717, 1.165) is 83.1 Å². The molecule has 0 spiro atoms. The first-order valence-corrected chi connectivity index (χ1v) is 36.9. The van der Waals surface area contributed by atoms with E-state index in [1.807, 2.05) is 0 Å². The summed E-state index contributed by atoms with van der Waals surface area (Å²) < 4.78 is 676. The number of rotatable bonds is 12. The van der Waals surface area contributed by atoms with Crippen molar-refractivity contribution in [3.8, 4) is 0 Å². The van der Waals surface area contributed by atoms with E-state index in [9.17, 15) is 240 Å². The average molecular weight is 2070 g/mol. The molecule has 4 unspecified atom stereocenters. The van der Waals surface area contributed by atoms with Crippen molar-refractivity contribution in [2.75, 3.05) is 0 Å². The van der Waals surface area contributed by atoms with E-state index in [1.54, 1.807) is 0 Å². The Morgan fingerprint density at radius 1 is 0.174 bits per heavy atom. The van der Waals surface area contributed by atoms with Gasteiger partial charge in [-0.05, 0) is 173 Å². The second-order valence-electron chi connectivity index (χ2n) is 34.5. The monoisotopic (exact) mass is 2060 g/mol. The fourth-order valence-corrected chi connectivity index (χ4v) is 15.1. The zero-order chi connectivity index (χ0) is 106. The van der Waals surface area contributed by atoms with Gasteiger partial charge in [-0.2, -0.15) is 211 Å². The first-order chi connectivity index (χ1) is 57.2. The van der Waals surface area contributed by atoms with Crippen LogP contribution in [0.1, 0.15) is 186 Å². The Balaban J connectivity index is 0.000000898. The van der Waals surface area contributed by atoms with Gasteiger partial charge in [0, 0.05) is 47.3 Å². The van der Waals surface area contributed by atoms with Crippen molar-refractivity contribution in [3.63, 3.8) is 0 Å². The molecule has 0 heterocycles. The van der Waals surface area contributed by atoms with Crippen molar-refractivity contribution < 1.29 is 288 Å². The first-order valence-electron chi connectivity index (χ1n) is 36.9. The maximum absolute atomic E-state index is 14.1. The molecule has 64 heteroatoms. The van der Waals surface area contributed by atoms with Crippen molar-refractivity contribution >= 4 is 24.6 Å². The quantitative estimate of drug-likeness (QED) is 0.0810. The van der Waals surface area contributed by atoms with Crippen molar-refractivity contribution in [1.82, 2.24) is 0 Å². The topological polar surface area (TPSA) is 223 Å². The molecule has 0 bridgehead atoms. The highest BCUT2D eigenvalue weighted by Gasteiger charge is 2.86. The Labute approximate surface area is 711 Å². The highest BCUT2D eigenvalue weighted by molar-refractivity contribution is 5.63. The summed E-state index contributed by atoms with van der Waals surface area (Å²) in [6.45, 7) is 12.8. The third-order valence-electron chi connectivity index (χ3n) is 20.8. The summed E-state index contributed by atoms with van der Waals surface area (Å²) in [4.78, 5) is 47.8. The summed E-state index contributed by atoms with van der Waals surface area (Å²) in [6, 6.07) is 0. The predicted molar refractivity (Wildman–Crippen MR) is 339 cm³/mol. The van der Waals surface area contributed by atoms with Crippen molar-refractivity contribution in [2.24, 2.45) is 47.3 Å². The molecule has 4 fully saturated rings. The van der Waals surface area contributed by atoms with Crippen molar-refractivity contribution in [1.29, 1.82) is 0 Å². The normalized spacial score (nSPS) is 22.2. The third kappa shape index (κ3) is 26.3. The molecule has 4 N–H and O–H groups in total. The summed E-state index contributed by atoms with van der Waals surface area (Å²) in [5.41, 5.74) is -50.0. The van der Waals surface area contributed by atoms with Gasteiger partial charge in [-0.3, -0.25) is 0 Å². The molecule has 784 valence electrons. The zero-order valence-electron chi connectivity index (χ0n) is 68.8. The summed E-state index contributed by atoms with van der Waals surface area (Å²) in [5, 5.41) is 36.7. The van der Waals surface area contributed by atoms with Crippen LogP contribution in [0.25, 0.3) is 0 Å². The van der Waals surface area contributed by atoms with E-state index in [2.05, 4.69) is 37.9 Å². The maximum atomic E-state index is 14.1. The van der Waals surface area contributed by atoms with Gasteiger partial charge in [-0.25, -0.2) is 19.2 Å². The Bertz CT molecular complexity index is 3390. The van der Waals surface area contributed by atoms with Crippen LogP contribution in [0, 0.1) is 47.3 Å². The summed E-state index contributed by atoms with van der Waals surface area (Å²) >= 11 is 0. The van der Waals surface area contributed by atoms with Crippen LogP contribution >= 0.6 is 0 Å². The summed E-state index contributed by atoms with van der Waals surface area (Å²) in [6.07, 6.45) is -136. The number of carbonyl (C=O) groups excluding carboxylic acids is 4. The van der Waals surface area contributed by atoms with Crippen LogP contribution in [-0.2, 0) is 37.9 Å². The molecule has 0 amide bonds. The molecule has 0 saturated heterocycles. The second-order valence-corrected chi connectivity index (χ2v) is 34.5. The number of carbonyl (C=O) groups is 4. The minimum atomic E-state index is -6.58. The lowest BCUT2D eigenvalue weighted by Crippen LogP contribution is -2.68. The smallest absolute Gasteiger partial charge is 0.429 e. The van der Waals surface area contributed by atoms with Crippen LogP contribution in [0.5, 0.6) is 0 Å². The zero-order valence-corrected chi connectivity index (χ0v) is 68.8. The molecule has 4 aliphatic carbocycles. The number of halogens is 48. The number of ether oxygens (including phenoxy) is 8. The fraction of sp³-hybridized carbons (Fsp3) is 0.941. The SMILES string of the molecule is CC(C)(C)OC(=O)OC(C1CCC(C(OC(=O)OC(C)(C)C)(C(F)(F)F)C(F)(F)F)CC1)(C(F)(F)F)C(F)(F)F.CC(C)(C)OC(=O)OC(C1CCCC(C(OC(=O)OC(C)(C)C)(C(F)(F)F)C(F)(F)F)C1)(C(F)(F)F)C(F)(F)F.OC(C1CCC(C(O)(C(F)(F)F)C(F)(F)F)CC1)(C(F)(F)F)C(F)(F)F.OC(C1CCCC(C(O)(C(F)(F)F)C(F)(F)F)C1)(C(F)(F)F)C(F)(F)F. The van der Waals surface area contributed by atoms with E-state index in [1.165, 1.54) is 0 Å². The molecule has 0 aromatic heterocycles. The van der Waals surface area contributed by atoms with E-state index >= 15 is 0 Å². The molecular formula is C68H80F48O16. The Kier molecular flexibility index (Phi) is 36.3. The molecular weight excluding hydrogens is 1980 g/mol. The standard InChI is InChI=1S/2C22H28F12O6.2C12H12F12O2/c1-15(2,3)37-13(35)39-17(19(23,24)25,20(26,27)28)11-7-9-12(10-8-11)18(21(29,30)31,22(32,33)34)40-14(36)38-16(4,5)6;1-15(2,3)37-13(35)39-17(19(23,24)25,20(26,27)28)11-8-7-9-12(10-11)18(21(29,30)31,22(32,33)34)40-14(36)38-16(4,5)6;13-9(14,15)7(25,10(16,17)18)5-1-2-6(4-3-5)8(26,11(19,20)21)12(22,23)24;13-9(14,15)7(25,10(16,17)18)5-2-1-3-6(4-5)8(26,11(19,20)21)12(22,23)24/h2*11-12H,7-10H2,1-6H3;2*5-6,25-26H,1-4H2. The lowest BCUT2D eigenvalue weighted by Gasteiger charge is -2.48. The van der Waals surface area contributed by atoms with Gasteiger partial charge in [0.2, 0.25) is 0 Å². The minimum Gasteiger partial charge on any atom is -0.429 e. The minimum absolute atomic E-state index is 0.918. The highest BCUT2D eigenvalue weighted by Crippen LogP contribution is 2.66. The van der Waals surface area contributed by atoms with Gasteiger partial charge >= 0.3 is 146 Å². The largest absolute Gasteiger partial charge is 0.510 e. The Morgan fingerprint density at radius 2 is 0.295 bits per heavy atom. The number of hydrogen-bond donors (Lipinski definition) is 4. The predicted octanol–water partition coefficient (Wildman–Crippen LogP) is 25.9. The lowest BCUT2D eigenvalue weighted by molar-refractivity contribution is -0.404. The van der Waals surface area contributed by atoms with E-state index in [4.69, 9.17) is 10.2 Å². The van der Waals surface area contributed by atoms with Crippen molar-refractivity contribution in [3.05, 3.63) is 0 Å². The molecule has 4 rings (SSSR count). The van der Waals surface area contributed by atoms with Crippen LogP contribution in [-0.4, -0.2) is 211 Å². The fourth-order valence-electron chi connectivity index (χ4n) is 15.1.